The van der Waals surface area contributed by atoms with Gasteiger partial charge in [-0.05, 0) is 55.2 Å². The quantitative estimate of drug-likeness (QED) is 0.809. The Labute approximate surface area is 172 Å². The maximum Gasteiger partial charge on any atom is 0.253 e. The molecule has 1 spiro atoms. The van der Waals surface area contributed by atoms with E-state index in [0.717, 1.165) is 50.2 Å². The highest BCUT2D eigenvalue weighted by Crippen LogP contribution is 2.39. The summed E-state index contributed by atoms with van der Waals surface area (Å²) >= 11 is 1.96. The van der Waals surface area contributed by atoms with Crippen molar-refractivity contribution in [3.63, 3.8) is 0 Å². The topological polar surface area (TPSA) is 43.8 Å². The van der Waals surface area contributed by atoms with E-state index in [1.165, 1.54) is 12.1 Å². The molecule has 0 saturated carbocycles. The van der Waals surface area contributed by atoms with E-state index in [1.54, 1.807) is 13.0 Å². The lowest BCUT2D eigenvalue weighted by atomic mass is 9.71. The number of piperidine rings is 2. The summed E-state index contributed by atoms with van der Waals surface area (Å²) < 4.78 is 13.8. The second-order valence-corrected chi connectivity index (χ2v) is 10.4. The molecule has 3 rings (SSSR count). The number of rotatable bonds is 5. The van der Waals surface area contributed by atoms with Crippen molar-refractivity contribution in [1.82, 2.24) is 9.80 Å². The fourth-order valence-corrected chi connectivity index (χ4v) is 5.46. The number of benzene rings is 1. The van der Waals surface area contributed by atoms with Gasteiger partial charge in [-0.3, -0.25) is 4.79 Å². The van der Waals surface area contributed by atoms with E-state index >= 15 is 0 Å². The smallest absolute Gasteiger partial charge is 0.253 e. The Bertz CT molecular complexity index is 679. The Morgan fingerprint density at radius 2 is 2.11 bits per heavy atom. The van der Waals surface area contributed by atoms with Crippen LogP contribution >= 0.6 is 11.8 Å². The summed E-state index contributed by atoms with van der Waals surface area (Å²) in [5, 5.41) is 11.5. The Hall–Kier alpha value is -1.11. The van der Waals surface area contributed by atoms with Crippen molar-refractivity contribution in [1.29, 1.82) is 0 Å². The molecule has 0 unspecified atom stereocenters. The number of likely N-dealkylation sites (tertiary alicyclic amines) is 2. The monoisotopic (exact) mass is 408 g/mol. The third kappa shape index (κ3) is 5.08. The molecule has 2 aliphatic heterocycles. The molecule has 2 fully saturated rings. The molecule has 6 heteroatoms. The molecule has 0 aromatic heterocycles. The molecule has 1 N–H and O–H groups in total. The molecule has 2 atom stereocenters. The van der Waals surface area contributed by atoms with Crippen molar-refractivity contribution in [2.75, 3.05) is 38.5 Å². The second-order valence-electron chi connectivity index (χ2n) is 8.71. The number of aliphatic hydroxyl groups is 1. The Morgan fingerprint density at radius 3 is 2.82 bits per heavy atom. The minimum atomic E-state index is -0.383. The van der Waals surface area contributed by atoms with Crippen LogP contribution in [-0.2, 0) is 0 Å². The normalized spacial score (nSPS) is 26.2. The molecule has 2 saturated heterocycles. The van der Waals surface area contributed by atoms with Gasteiger partial charge >= 0.3 is 0 Å². The molecule has 156 valence electrons. The molecule has 1 amide bonds. The van der Waals surface area contributed by atoms with Gasteiger partial charge in [0.1, 0.15) is 5.82 Å². The zero-order valence-electron chi connectivity index (χ0n) is 17.3. The highest BCUT2D eigenvalue weighted by molar-refractivity contribution is 7.99. The van der Waals surface area contributed by atoms with E-state index < -0.39 is 0 Å². The fourth-order valence-electron chi connectivity index (χ4n) is 4.63. The van der Waals surface area contributed by atoms with Gasteiger partial charge in [-0.25, -0.2) is 4.39 Å². The van der Waals surface area contributed by atoms with Crippen LogP contribution in [0.25, 0.3) is 0 Å². The van der Waals surface area contributed by atoms with Crippen molar-refractivity contribution < 1.29 is 14.3 Å². The first-order chi connectivity index (χ1) is 13.3. The average molecular weight is 409 g/mol. The lowest BCUT2D eigenvalue weighted by Gasteiger charge is -2.51. The molecular formula is C22H33FN2O2S. The van der Waals surface area contributed by atoms with Crippen molar-refractivity contribution in [3.8, 4) is 0 Å². The van der Waals surface area contributed by atoms with Crippen LogP contribution in [0.2, 0.25) is 0 Å². The lowest BCUT2D eigenvalue weighted by Crippen LogP contribution is -2.60. The second kappa shape index (κ2) is 9.14. The summed E-state index contributed by atoms with van der Waals surface area (Å²) in [6.07, 6.45) is 2.19. The van der Waals surface area contributed by atoms with Gasteiger partial charge in [0.2, 0.25) is 0 Å². The summed E-state index contributed by atoms with van der Waals surface area (Å²) in [5.41, 5.74) is 0.892. The maximum absolute atomic E-state index is 13.8. The third-order valence-corrected chi connectivity index (χ3v) is 7.09. The molecule has 0 aliphatic carbocycles. The molecule has 28 heavy (non-hydrogen) atoms. The molecule has 1 aromatic rings. The van der Waals surface area contributed by atoms with Gasteiger partial charge in [0.25, 0.3) is 5.91 Å². The van der Waals surface area contributed by atoms with Crippen LogP contribution in [-0.4, -0.2) is 70.6 Å². The number of carbonyl (C=O) groups excluding carboxylic acids is 1. The summed E-state index contributed by atoms with van der Waals surface area (Å²) in [6, 6.07) is 4.51. The van der Waals surface area contributed by atoms with Crippen molar-refractivity contribution in [2.45, 2.75) is 51.4 Å². The summed E-state index contributed by atoms with van der Waals surface area (Å²) in [7, 11) is 0. The van der Waals surface area contributed by atoms with Gasteiger partial charge in [-0.1, -0.05) is 13.8 Å². The van der Waals surface area contributed by atoms with Crippen LogP contribution in [0, 0.1) is 18.2 Å². The molecule has 0 radical (unpaired) electrons. The standard InChI is InChI=1S/C22H33FN2O2S/c1-16(2)28-10-9-24-8-5-20(26)22(14-24)6-4-7-25(15-22)21(27)18-11-17(3)12-19(23)13-18/h11-13,16,20,26H,4-10,14-15H2,1-3H3/t20-,22-/m1/s1. The first-order valence-electron chi connectivity index (χ1n) is 10.4. The highest BCUT2D eigenvalue weighted by atomic mass is 32.2. The Morgan fingerprint density at radius 1 is 1.32 bits per heavy atom. The van der Waals surface area contributed by atoms with Gasteiger partial charge < -0.3 is 14.9 Å². The zero-order valence-corrected chi connectivity index (χ0v) is 18.1. The minimum Gasteiger partial charge on any atom is -0.392 e. The first kappa shape index (κ1) is 21.6. The van der Waals surface area contributed by atoms with Gasteiger partial charge in [-0.2, -0.15) is 11.8 Å². The predicted molar refractivity (Wildman–Crippen MR) is 113 cm³/mol. The SMILES string of the molecule is Cc1cc(F)cc(C(=O)N2CCC[C@@]3(CN(CCSC(C)C)CC[C@H]3O)C2)c1. The maximum atomic E-state index is 13.8. The van der Waals surface area contributed by atoms with E-state index in [1.807, 2.05) is 16.7 Å². The van der Waals surface area contributed by atoms with E-state index in [0.29, 0.717) is 23.9 Å². The van der Waals surface area contributed by atoms with Crippen molar-refractivity contribution in [3.05, 3.63) is 35.1 Å². The van der Waals surface area contributed by atoms with Crippen LogP contribution < -0.4 is 0 Å². The molecule has 1 aromatic carbocycles. The number of halogens is 1. The molecule has 4 nitrogen and oxygen atoms in total. The molecular weight excluding hydrogens is 375 g/mol. The van der Waals surface area contributed by atoms with E-state index in [9.17, 15) is 14.3 Å². The fraction of sp³-hybridized carbons (Fsp3) is 0.682. The first-order valence-corrected chi connectivity index (χ1v) is 11.4. The van der Waals surface area contributed by atoms with E-state index in [4.69, 9.17) is 0 Å². The van der Waals surface area contributed by atoms with Crippen LogP contribution in [0.3, 0.4) is 0 Å². The largest absolute Gasteiger partial charge is 0.392 e. The number of hydrogen-bond donors (Lipinski definition) is 1. The van der Waals surface area contributed by atoms with E-state index in [2.05, 4.69) is 18.7 Å². The Kier molecular flexibility index (Phi) is 7.05. The van der Waals surface area contributed by atoms with Crippen LogP contribution in [0.5, 0.6) is 0 Å². The zero-order chi connectivity index (χ0) is 20.3. The van der Waals surface area contributed by atoms with Gasteiger partial charge in [0.15, 0.2) is 0 Å². The average Bonchev–Trinajstić information content (AvgIpc) is 2.63. The summed E-state index contributed by atoms with van der Waals surface area (Å²) in [5.74, 6) is 0.595. The summed E-state index contributed by atoms with van der Waals surface area (Å²) in [4.78, 5) is 17.3. The number of aryl methyl sites for hydroxylation is 1. The predicted octanol–water partition coefficient (Wildman–Crippen LogP) is 3.56. The lowest BCUT2D eigenvalue weighted by molar-refractivity contribution is -0.0773. The number of thioether (sulfide) groups is 1. The van der Waals surface area contributed by atoms with Crippen molar-refractivity contribution >= 4 is 17.7 Å². The molecule has 0 bridgehead atoms. The van der Waals surface area contributed by atoms with Gasteiger partial charge in [0.05, 0.1) is 6.10 Å². The van der Waals surface area contributed by atoms with Crippen LogP contribution in [0.1, 0.15) is 49.0 Å². The number of hydrogen-bond acceptors (Lipinski definition) is 4. The molecule has 2 heterocycles. The number of amides is 1. The number of nitrogens with zero attached hydrogens (tertiary/aromatic N) is 2. The van der Waals surface area contributed by atoms with E-state index in [-0.39, 0.29) is 23.2 Å². The highest BCUT2D eigenvalue weighted by Gasteiger charge is 2.46. The van der Waals surface area contributed by atoms with Crippen LogP contribution in [0.4, 0.5) is 4.39 Å². The third-order valence-electron chi connectivity index (χ3n) is 6.01. The van der Waals surface area contributed by atoms with Gasteiger partial charge in [0, 0.05) is 49.5 Å². The van der Waals surface area contributed by atoms with Crippen molar-refractivity contribution in [2.24, 2.45) is 5.41 Å². The Balaban J connectivity index is 1.70. The number of aliphatic hydroxyl groups excluding tert-OH is 1. The van der Waals surface area contributed by atoms with Gasteiger partial charge in [-0.15, -0.1) is 0 Å². The minimum absolute atomic E-state index is 0.124. The number of carbonyl (C=O) groups is 1. The van der Waals surface area contributed by atoms with Crippen LogP contribution in [0.15, 0.2) is 18.2 Å². The molecule has 2 aliphatic rings. The summed E-state index contributed by atoms with van der Waals surface area (Å²) in [6.45, 7) is 10.2.